The maximum atomic E-state index is 13.0. The molecule has 122 valence electrons. The Morgan fingerprint density at radius 2 is 1.87 bits per heavy atom. The molecule has 0 heterocycles. The van der Waals surface area contributed by atoms with Crippen molar-refractivity contribution in [1.82, 2.24) is 0 Å². The van der Waals surface area contributed by atoms with Crippen LogP contribution in [0.25, 0.3) is 0 Å². The lowest BCUT2D eigenvalue weighted by molar-refractivity contribution is -0.137. The minimum absolute atomic E-state index is 0.0629. The summed E-state index contributed by atoms with van der Waals surface area (Å²) >= 11 is 5.57. The Hall–Kier alpha value is -2.28. The first-order valence-corrected chi connectivity index (χ1v) is 6.79. The standard InChI is InChI=1S/C15H11ClF4N2O/c16-9-4-5-13(12(6-9)15(18,19)20)21-8-14(23)22-11-3-1-2-10(17)7-11/h1-7,21H,8H2,(H,22,23). The van der Waals surface area contributed by atoms with Gasteiger partial charge in [-0.25, -0.2) is 4.39 Å². The highest BCUT2D eigenvalue weighted by Crippen LogP contribution is 2.36. The molecular formula is C15H11ClF4N2O. The van der Waals surface area contributed by atoms with Crippen molar-refractivity contribution in [2.75, 3.05) is 17.2 Å². The van der Waals surface area contributed by atoms with E-state index in [0.29, 0.717) is 0 Å². The van der Waals surface area contributed by atoms with Crippen LogP contribution < -0.4 is 10.6 Å². The second kappa shape index (κ2) is 6.87. The monoisotopic (exact) mass is 346 g/mol. The first-order valence-electron chi connectivity index (χ1n) is 6.42. The molecule has 8 heteroatoms. The molecule has 0 radical (unpaired) electrons. The number of carbonyl (C=O) groups is 1. The highest BCUT2D eigenvalue weighted by atomic mass is 35.5. The van der Waals surface area contributed by atoms with Crippen molar-refractivity contribution < 1.29 is 22.4 Å². The number of alkyl halides is 3. The van der Waals surface area contributed by atoms with Gasteiger partial charge in [0.05, 0.1) is 12.1 Å². The largest absolute Gasteiger partial charge is 0.418 e. The molecule has 3 nitrogen and oxygen atoms in total. The minimum atomic E-state index is -4.60. The Balaban J connectivity index is 2.05. The van der Waals surface area contributed by atoms with E-state index in [2.05, 4.69) is 10.6 Å². The van der Waals surface area contributed by atoms with Crippen LogP contribution in [0, 0.1) is 5.82 Å². The van der Waals surface area contributed by atoms with Crippen LogP contribution >= 0.6 is 11.6 Å². The molecule has 0 aliphatic heterocycles. The van der Waals surface area contributed by atoms with E-state index in [-0.39, 0.29) is 16.4 Å². The van der Waals surface area contributed by atoms with E-state index in [4.69, 9.17) is 11.6 Å². The maximum Gasteiger partial charge on any atom is 0.418 e. The van der Waals surface area contributed by atoms with E-state index in [0.717, 1.165) is 18.2 Å². The molecule has 0 aliphatic rings. The first-order chi connectivity index (χ1) is 10.8. The summed E-state index contributed by atoms with van der Waals surface area (Å²) in [6.07, 6.45) is -4.60. The summed E-state index contributed by atoms with van der Waals surface area (Å²) in [7, 11) is 0. The quantitative estimate of drug-likeness (QED) is 0.797. The van der Waals surface area contributed by atoms with E-state index in [9.17, 15) is 22.4 Å². The molecule has 0 saturated carbocycles. The van der Waals surface area contributed by atoms with Crippen molar-refractivity contribution in [1.29, 1.82) is 0 Å². The summed E-state index contributed by atoms with van der Waals surface area (Å²) in [5.74, 6) is -1.15. The van der Waals surface area contributed by atoms with Gasteiger partial charge in [-0.05, 0) is 36.4 Å². The topological polar surface area (TPSA) is 41.1 Å². The summed E-state index contributed by atoms with van der Waals surface area (Å²) in [5, 5.41) is 4.71. The predicted molar refractivity (Wildman–Crippen MR) is 80.0 cm³/mol. The molecule has 0 spiro atoms. The predicted octanol–water partition coefficient (Wildman–Crippen LogP) is 4.55. The molecule has 0 unspecified atom stereocenters. The Bertz CT molecular complexity index is 719. The smallest absolute Gasteiger partial charge is 0.376 e. The van der Waals surface area contributed by atoms with E-state index in [1.54, 1.807) is 0 Å². The van der Waals surface area contributed by atoms with E-state index >= 15 is 0 Å². The minimum Gasteiger partial charge on any atom is -0.376 e. The van der Waals surface area contributed by atoms with Crippen molar-refractivity contribution in [2.45, 2.75) is 6.18 Å². The molecule has 0 atom stereocenters. The molecule has 0 fully saturated rings. The van der Waals surface area contributed by atoms with Gasteiger partial charge in [0.1, 0.15) is 5.82 Å². The molecule has 0 aliphatic carbocycles. The van der Waals surface area contributed by atoms with Crippen LogP contribution in [0.5, 0.6) is 0 Å². The molecule has 0 aromatic heterocycles. The summed E-state index contributed by atoms with van der Waals surface area (Å²) in [6.45, 7) is -0.415. The molecule has 2 rings (SSSR count). The lowest BCUT2D eigenvalue weighted by Gasteiger charge is -2.15. The highest BCUT2D eigenvalue weighted by Gasteiger charge is 2.33. The fourth-order valence-electron chi connectivity index (χ4n) is 1.85. The van der Waals surface area contributed by atoms with Gasteiger partial charge in [0.15, 0.2) is 0 Å². The fraction of sp³-hybridized carbons (Fsp3) is 0.133. The van der Waals surface area contributed by atoms with Gasteiger partial charge in [-0.3, -0.25) is 4.79 Å². The van der Waals surface area contributed by atoms with Gasteiger partial charge in [-0.15, -0.1) is 0 Å². The fourth-order valence-corrected chi connectivity index (χ4v) is 2.02. The molecule has 0 bridgehead atoms. The third-order valence-corrected chi connectivity index (χ3v) is 3.07. The molecular weight excluding hydrogens is 336 g/mol. The van der Waals surface area contributed by atoms with Crippen LogP contribution in [0.4, 0.5) is 28.9 Å². The SMILES string of the molecule is O=C(CNc1ccc(Cl)cc1C(F)(F)F)Nc1cccc(F)c1. The van der Waals surface area contributed by atoms with Gasteiger partial charge in [0.25, 0.3) is 0 Å². The lowest BCUT2D eigenvalue weighted by atomic mass is 10.1. The van der Waals surface area contributed by atoms with E-state index in [1.165, 1.54) is 24.3 Å². The van der Waals surface area contributed by atoms with Crippen molar-refractivity contribution in [3.63, 3.8) is 0 Å². The number of rotatable bonds is 4. The Morgan fingerprint density at radius 1 is 1.13 bits per heavy atom. The van der Waals surface area contributed by atoms with Gasteiger partial charge in [0, 0.05) is 16.4 Å². The van der Waals surface area contributed by atoms with Crippen LogP contribution in [0.2, 0.25) is 5.02 Å². The number of benzene rings is 2. The third-order valence-electron chi connectivity index (χ3n) is 2.83. The zero-order valence-corrected chi connectivity index (χ0v) is 12.3. The average Bonchev–Trinajstić information content (AvgIpc) is 2.45. The first kappa shape index (κ1) is 17.1. The Kier molecular flexibility index (Phi) is 5.10. The molecule has 2 aromatic carbocycles. The van der Waals surface area contributed by atoms with E-state index < -0.39 is 30.0 Å². The van der Waals surface area contributed by atoms with Crippen molar-refractivity contribution in [3.8, 4) is 0 Å². The zero-order valence-electron chi connectivity index (χ0n) is 11.5. The van der Waals surface area contributed by atoms with Gasteiger partial charge < -0.3 is 10.6 Å². The third kappa shape index (κ3) is 4.85. The van der Waals surface area contributed by atoms with Gasteiger partial charge in [-0.2, -0.15) is 13.2 Å². The van der Waals surface area contributed by atoms with Crippen LogP contribution in [0.3, 0.4) is 0 Å². The molecule has 2 N–H and O–H groups in total. The van der Waals surface area contributed by atoms with Crippen molar-refractivity contribution >= 4 is 28.9 Å². The second-order valence-corrected chi connectivity index (χ2v) is 5.04. The van der Waals surface area contributed by atoms with Crippen LogP contribution in [0.15, 0.2) is 42.5 Å². The lowest BCUT2D eigenvalue weighted by Crippen LogP contribution is -2.23. The summed E-state index contributed by atoms with van der Waals surface area (Å²) in [5.41, 5.74) is -1.02. The normalized spacial score (nSPS) is 11.2. The maximum absolute atomic E-state index is 13.0. The number of anilines is 2. The Morgan fingerprint density at radius 3 is 2.52 bits per heavy atom. The molecule has 1 amide bonds. The van der Waals surface area contributed by atoms with Gasteiger partial charge in [0.2, 0.25) is 5.91 Å². The van der Waals surface area contributed by atoms with Gasteiger partial charge >= 0.3 is 6.18 Å². The number of hydrogen-bond acceptors (Lipinski definition) is 2. The highest BCUT2D eigenvalue weighted by molar-refractivity contribution is 6.30. The summed E-state index contributed by atoms with van der Waals surface area (Å²) < 4.78 is 51.7. The second-order valence-electron chi connectivity index (χ2n) is 4.60. The number of carbonyl (C=O) groups excluding carboxylic acids is 1. The summed E-state index contributed by atoms with van der Waals surface area (Å²) in [6, 6.07) is 8.36. The van der Waals surface area contributed by atoms with Gasteiger partial charge in [-0.1, -0.05) is 17.7 Å². The number of nitrogens with one attached hydrogen (secondary N) is 2. The molecule has 2 aromatic rings. The molecule has 0 saturated heterocycles. The Labute approximate surface area is 134 Å². The van der Waals surface area contributed by atoms with Crippen LogP contribution in [-0.2, 0) is 11.0 Å². The number of amides is 1. The number of halogens is 5. The van der Waals surface area contributed by atoms with Crippen molar-refractivity contribution in [3.05, 3.63) is 58.9 Å². The van der Waals surface area contributed by atoms with Crippen molar-refractivity contribution in [2.24, 2.45) is 0 Å². The van der Waals surface area contributed by atoms with Crippen LogP contribution in [-0.4, -0.2) is 12.5 Å². The average molecular weight is 347 g/mol. The van der Waals surface area contributed by atoms with Crippen LogP contribution in [0.1, 0.15) is 5.56 Å². The molecule has 23 heavy (non-hydrogen) atoms. The zero-order chi connectivity index (χ0) is 17.0. The number of hydrogen-bond donors (Lipinski definition) is 2. The summed E-state index contributed by atoms with van der Waals surface area (Å²) in [4.78, 5) is 11.7. The van der Waals surface area contributed by atoms with E-state index in [1.807, 2.05) is 0 Å².